The highest BCUT2D eigenvalue weighted by Crippen LogP contribution is 2.22. The summed E-state index contributed by atoms with van der Waals surface area (Å²) in [6.07, 6.45) is 1.53. The molecule has 0 spiro atoms. The van der Waals surface area contributed by atoms with Crippen LogP contribution in [0.25, 0.3) is 0 Å². The number of pyridine rings is 1. The molecule has 1 amide bonds. The lowest BCUT2D eigenvalue weighted by atomic mass is 10.1. The summed E-state index contributed by atoms with van der Waals surface area (Å²) in [5.41, 5.74) is 7.17. The third-order valence-corrected chi connectivity index (χ3v) is 2.76. The zero-order chi connectivity index (χ0) is 15.2. The minimum Gasteiger partial charge on any atom is -0.496 e. The summed E-state index contributed by atoms with van der Waals surface area (Å²) >= 11 is 0. The Balaban J connectivity index is 2.14. The second kappa shape index (κ2) is 6.60. The molecule has 21 heavy (non-hydrogen) atoms. The lowest BCUT2D eigenvalue weighted by Gasteiger charge is -2.10. The molecule has 0 bridgehead atoms. The first kappa shape index (κ1) is 14.6. The average molecular weight is 287 g/mol. The number of rotatable bonds is 5. The third kappa shape index (κ3) is 3.62. The van der Waals surface area contributed by atoms with Crippen molar-refractivity contribution in [1.82, 2.24) is 4.98 Å². The summed E-state index contributed by atoms with van der Waals surface area (Å²) in [5.74, 6) is 0.643. The van der Waals surface area contributed by atoms with E-state index in [4.69, 9.17) is 15.2 Å². The lowest BCUT2D eigenvalue weighted by Crippen LogP contribution is -2.13. The van der Waals surface area contributed by atoms with E-state index in [2.05, 4.69) is 10.3 Å². The summed E-state index contributed by atoms with van der Waals surface area (Å²) in [4.78, 5) is 16.3. The van der Waals surface area contributed by atoms with Crippen LogP contribution in [0, 0.1) is 0 Å². The van der Waals surface area contributed by atoms with Gasteiger partial charge in [-0.2, -0.15) is 0 Å². The van der Waals surface area contributed by atoms with E-state index in [1.165, 1.54) is 13.3 Å². The third-order valence-electron chi connectivity index (χ3n) is 2.76. The van der Waals surface area contributed by atoms with Gasteiger partial charge in [-0.25, -0.2) is 4.98 Å². The number of aromatic nitrogens is 1. The number of benzene rings is 1. The van der Waals surface area contributed by atoms with E-state index in [9.17, 15) is 4.79 Å². The van der Waals surface area contributed by atoms with Crippen LogP contribution >= 0.6 is 0 Å². The standard InChI is InChI=1S/C15H17N3O3/c1-3-21-14-7-5-11(9-17-14)18-15(19)12-6-4-10(16)8-13(12)20-2/h4-9H,3,16H2,1-2H3,(H,18,19). The fraction of sp³-hybridized carbons (Fsp3) is 0.200. The number of nitrogens with two attached hydrogens (primary N) is 1. The van der Waals surface area contributed by atoms with E-state index in [0.29, 0.717) is 35.2 Å². The molecule has 3 N–H and O–H groups in total. The van der Waals surface area contributed by atoms with Crippen molar-refractivity contribution in [2.75, 3.05) is 24.8 Å². The van der Waals surface area contributed by atoms with Crippen molar-refractivity contribution >= 4 is 17.3 Å². The van der Waals surface area contributed by atoms with Crippen LogP contribution in [0.2, 0.25) is 0 Å². The smallest absolute Gasteiger partial charge is 0.259 e. The van der Waals surface area contributed by atoms with Crippen LogP contribution in [-0.2, 0) is 0 Å². The van der Waals surface area contributed by atoms with E-state index in [-0.39, 0.29) is 5.91 Å². The summed E-state index contributed by atoms with van der Waals surface area (Å²) < 4.78 is 10.4. The molecule has 0 aliphatic rings. The first-order valence-electron chi connectivity index (χ1n) is 6.47. The number of nitrogen functional groups attached to an aromatic ring is 1. The van der Waals surface area contributed by atoms with Crippen LogP contribution in [0.3, 0.4) is 0 Å². The second-order valence-electron chi connectivity index (χ2n) is 4.23. The Labute approximate surface area is 122 Å². The van der Waals surface area contributed by atoms with Gasteiger partial charge < -0.3 is 20.5 Å². The maximum atomic E-state index is 12.2. The SMILES string of the molecule is CCOc1ccc(NC(=O)c2ccc(N)cc2OC)cn1. The summed E-state index contributed by atoms with van der Waals surface area (Å²) in [7, 11) is 1.49. The molecule has 2 aromatic rings. The molecule has 0 aliphatic heterocycles. The number of nitrogens with one attached hydrogen (secondary N) is 1. The first-order chi connectivity index (χ1) is 10.1. The molecule has 0 fully saturated rings. The van der Waals surface area contributed by atoms with Gasteiger partial charge in [-0.15, -0.1) is 0 Å². The molecule has 1 aromatic carbocycles. The summed E-state index contributed by atoms with van der Waals surface area (Å²) in [6.45, 7) is 2.42. The van der Waals surface area contributed by atoms with Crippen molar-refractivity contribution < 1.29 is 14.3 Å². The summed E-state index contributed by atoms with van der Waals surface area (Å²) in [6, 6.07) is 8.28. The molecule has 6 heteroatoms. The molecule has 1 aromatic heterocycles. The molecule has 0 atom stereocenters. The van der Waals surface area contributed by atoms with Gasteiger partial charge in [0.25, 0.3) is 5.91 Å². The van der Waals surface area contributed by atoms with Gasteiger partial charge in [0.1, 0.15) is 5.75 Å². The normalized spacial score (nSPS) is 10.0. The Kier molecular flexibility index (Phi) is 4.61. The van der Waals surface area contributed by atoms with Gasteiger partial charge in [0.2, 0.25) is 5.88 Å². The van der Waals surface area contributed by atoms with Gasteiger partial charge in [-0.05, 0) is 25.1 Å². The number of methoxy groups -OCH3 is 1. The predicted molar refractivity (Wildman–Crippen MR) is 80.8 cm³/mol. The molecular formula is C15H17N3O3. The van der Waals surface area contributed by atoms with Crippen molar-refractivity contribution in [1.29, 1.82) is 0 Å². The van der Waals surface area contributed by atoms with Gasteiger partial charge in [-0.3, -0.25) is 4.79 Å². The molecule has 0 saturated heterocycles. The van der Waals surface area contributed by atoms with Gasteiger partial charge in [0, 0.05) is 17.8 Å². The molecule has 0 radical (unpaired) electrons. The summed E-state index contributed by atoms with van der Waals surface area (Å²) in [5, 5.41) is 2.74. The fourth-order valence-electron chi connectivity index (χ4n) is 1.78. The van der Waals surface area contributed by atoms with Crippen LogP contribution in [-0.4, -0.2) is 24.6 Å². The zero-order valence-corrected chi connectivity index (χ0v) is 11.9. The van der Waals surface area contributed by atoms with Gasteiger partial charge in [0.15, 0.2) is 0 Å². The Morgan fingerprint density at radius 1 is 1.33 bits per heavy atom. The Morgan fingerprint density at radius 3 is 2.76 bits per heavy atom. The van der Waals surface area contributed by atoms with Crippen molar-refractivity contribution in [3.8, 4) is 11.6 Å². The number of ether oxygens (including phenoxy) is 2. The number of amides is 1. The molecule has 0 saturated carbocycles. The van der Waals surface area contributed by atoms with Gasteiger partial charge in [0.05, 0.1) is 31.2 Å². The highest BCUT2D eigenvalue weighted by molar-refractivity contribution is 6.06. The highest BCUT2D eigenvalue weighted by atomic mass is 16.5. The highest BCUT2D eigenvalue weighted by Gasteiger charge is 2.12. The minimum absolute atomic E-state index is 0.294. The van der Waals surface area contributed by atoms with Gasteiger partial charge >= 0.3 is 0 Å². The van der Waals surface area contributed by atoms with Crippen LogP contribution in [0.15, 0.2) is 36.5 Å². The molecule has 1 heterocycles. The number of hydrogen-bond acceptors (Lipinski definition) is 5. The Bertz CT molecular complexity index is 627. The lowest BCUT2D eigenvalue weighted by molar-refractivity contribution is 0.102. The number of carbonyl (C=O) groups is 1. The number of carbonyl (C=O) groups excluding carboxylic acids is 1. The van der Waals surface area contributed by atoms with E-state index in [1.807, 2.05) is 6.92 Å². The monoisotopic (exact) mass is 287 g/mol. The molecular weight excluding hydrogens is 270 g/mol. The van der Waals surface area contributed by atoms with Crippen molar-refractivity contribution in [3.05, 3.63) is 42.1 Å². The molecule has 0 unspecified atom stereocenters. The minimum atomic E-state index is -0.294. The van der Waals surface area contributed by atoms with E-state index < -0.39 is 0 Å². The molecule has 2 rings (SSSR count). The number of anilines is 2. The van der Waals surface area contributed by atoms with Crippen LogP contribution < -0.4 is 20.5 Å². The number of hydrogen-bond donors (Lipinski definition) is 2. The molecule has 110 valence electrons. The number of nitrogens with zero attached hydrogens (tertiary/aromatic N) is 1. The van der Waals surface area contributed by atoms with Crippen molar-refractivity contribution in [2.24, 2.45) is 0 Å². The maximum Gasteiger partial charge on any atom is 0.259 e. The van der Waals surface area contributed by atoms with E-state index >= 15 is 0 Å². The topological polar surface area (TPSA) is 86.5 Å². The quantitative estimate of drug-likeness (QED) is 0.824. The van der Waals surface area contributed by atoms with Gasteiger partial charge in [-0.1, -0.05) is 0 Å². The molecule has 0 aliphatic carbocycles. The maximum absolute atomic E-state index is 12.2. The van der Waals surface area contributed by atoms with Crippen molar-refractivity contribution in [3.63, 3.8) is 0 Å². The second-order valence-corrected chi connectivity index (χ2v) is 4.23. The Morgan fingerprint density at radius 2 is 2.14 bits per heavy atom. The average Bonchev–Trinajstić information content (AvgIpc) is 2.49. The first-order valence-corrected chi connectivity index (χ1v) is 6.47. The van der Waals surface area contributed by atoms with Crippen molar-refractivity contribution in [2.45, 2.75) is 6.92 Å². The largest absolute Gasteiger partial charge is 0.496 e. The predicted octanol–water partition coefficient (Wildman–Crippen LogP) is 2.32. The zero-order valence-electron chi connectivity index (χ0n) is 11.9. The molecule has 6 nitrogen and oxygen atoms in total. The van der Waals surface area contributed by atoms with E-state index in [1.54, 1.807) is 30.3 Å². The Hall–Kier alpha value is -2.76. The van der Waals surface area contributed by atoms with Crippen LogP contribution in [0.5, 0.6) is 11.6 Å². The fourth-order valence-corrected chi connectivity index (χ4v) is 1.78. The van der Waals surface area contributed by atoms with Crippen LogP contribution in [0.1, 0.15) is 17.3 Å². The van der Waals surface area contributed by atoms with E-state index in [0.717, 1.165) is 0 Å². The van der Waals surface area contributed by atoms with Crippen LogP contribution in [0.4, 0.5) is 11.4 Å².